The molecule has 0 saturated heterocycles. The van der Waals surface area contributed by atoms with E-state index >= 15 is 0 Å². The molecule has 0 aliphatic heterocycles. The molecule has 1 nitrogen and oxygen atoms in total. The highest BCUT2D eigenvalue weighted by atomic mass is 14.6. The first-order valence-corrected chi connectivity index (χ1v) is 4.12. The molecule has 0 saturated carbocycles. The molecule has 11 heavy (non-hydrogen) atoms. The van der Waals surface area contributed by atoms with E-state index in [9.17, 15) is 0 Å². The third-order valence-electron chi connectivity index (χ3n) is 1.38. The molecular formula is C10H17N. The van der Waals surface area contributed by atoms with Crippen LogP contribution in [-0.2, 0) is 0 Å². The monoisotopic (exact) mass is 151 g/mol. The third kappa shape index (κ3) is 9.15. The van der Waals surface area contributed by atoms with Gasteiger partial charge in [0.15, 0.2) is 0 Å². The minimum Gasteiger partial charge on any atom is -0.265 e. The van der Waals surface area contributed by atoms with Crippen LogP contribution in [0.4, 0.5) is 0 Å². The van der Waals surface area contributed by atoms with Gasteiger partial charge in [0.25, 0.3) is 0 Å². The van der Waals surface area contributed by atoms with E-state index in [1.165, 1.54) is 6.42 Å². The number of rotatable bonds is 1. The van der Waals surface area contributed by atoms with E-state index in [2.05, 4.69) is 25.8 Å². The largest absolute Gasteiger partial charge is 0.265 e. The zero-order valence-electron chi connectivity index (χ0n) is 7.62. The Bertz CT molecular complexity index is 120. The number of nitrogens with zero attached hydrogens (tertiary/aromatic N) is 1. The van der Waals surface area contributed by atoms with Crippen LogP contribution in [0.1, 0.15) is 27.2 Å². The molecule has 1 rings (SSSR count). The molecule has 0 unspecified atom stereocenters. The number of hydrogen-bond donors (Lipinski definition) is 0. The summed E-state index contributed by atoms with van der Waals surface area (Å²) < 4.78 is 0. The van der Waals surface area contributed by atoms with Gasteiger partial charge in [0.2, 0.25) is 0 Å². The average Bonchev–Trinajstić information content (AvgIpc) is 2.09. The van der Waals surface area contributed by atoms with Gasteiger partial charge in [-0.05, 0) is 18.1 Å². The first kappa shape index (κ1) is 10.2. The summed E-state index contributed by atoms with van der Waals surface area (Å²) in [6.07, 6.45) is 4.81. The Labute approximate surface area is 69.5 Å². The summed E-state index contributed by atoms with van der Waals surface area (Å²) in [6.45, 7) is 6.64. The predicted octanol–water partition coefficient (Wildman–Crippen LogP) is 3.13. The SMILES string of the molecule is CCC(C)C.c1ccncc1. The fourth-order valence-corrected chi connectivity index (χ4v) is 0.313. The predicted molar refractivity (Wildman–Crippen MR) is 49.4 cm³/mol. The van der Waals surface area contributed by atoms with Crippen LogP contribution in [-0.4, -0.2) is 4.98 Å². The Morgan fingerprint density at radius 1 is 1.09 bits per heavy atom. The minimum absolute atomic E-state index is 0.884. The van der Waals surface area contributed by atoms with E-state index in [1.54, 1.807) is 12.4 Å². The molecule has 1 aromatic rings. The fraction of sp³-hybridized carbons (Fsp3) is 0.500. The van der Waals surface area contributed by atoms with Crippen LogP contribution in [0.5, 0.6) is 0 Å². The van der Waals surface area contributed by atoms with Gasteiger partial charge in [-0.2, -0.15) is 0 Å². The molecule has 0 aliphatic rings. The van der Waals surface area contributed by atoms with Crippen LogP contribution in [0.2, 0.25) is 0 Å². The lowest BCUT2D eigenvalue weighted by molar-refractivity contribution is 0.626. The lowest BCUT2D eigenvalue weighted by atomic mass is 10.2. The highest BCUT2D eigenvalue weighted by Gasteiger charge is 1.80. The van der Waals surface area contributed by atoms with Crippen LogP contribution < -0.4 is 0 Å². The molecule has 0 radical (unpaired) electrons. The van der Waals surface area contributed by atoms with E-state index < -0.39 is 0 Å². The van der Waals surface area contributed by atoms with Crippen molar-refractivity contribution >= 4 is 0 Å². The Morgan fingerprint density at radius 2 is 1.55 bits per heavy atom. The Hall–Kier alpha value is -0.850. The Kier molecular flexibility index (Phi) is 6.70. The molecule has 0 bridgehead atoms. The first-order chi connectivity index (χ1) is 5.27. The van der Waals surface area contributed by atoms with E-state index in [1.807, 2.05) is 18.2 Å². The lowest BCUT2D eigenvalue weighted by Gasteiger charge is -1.90. The van der Waals surface area contributed by atoms with E-state index in [0.717, 1.165) is 5.92 Å². The molecule has 1 heteroatoms. The van der Waals surface area contributed by atoms with Crippen molar-refractivity contribution < 1.29 is 0 Å². The van der Waals surface area contributed by atoms with Crippen LogP contribution >= 0.6 is 0 Å². The summed E-state index contributed by atoms with van der Waals surface area (Å²) in [5.74, 6) is 0.884. The van der Waals surface area contributed by atoms with E-state index in [4.69, 9.17) is 0 Å². The summed E-state index contributed by atoms with van der Waals surface area (Å²) >= 11 is 0. The molecule has 0 spiro atoms. The lowest BCUT2D eigenvalue weighted by Crippen LogP contribution is -1.77. The zero-order valence-corrected chi connectivity index (χ0v) is 7.62. The molecule has 0 fully saturated rings. The van der Waals surface area contributed by atoms with Crippen LogP contribution in [0.15, 0.2) is 30.6 Å². The molecule has 0 aromatic carbocycles. The van der Waals surface area contributed by atoms with Gasteiger partial charge < -0.3 is 0 Å². The van der Waals surface area contributed by atoms with Gasteiger partial charge in [0.1, 0.15) is 0 Å². The topological polar surface area (TPSA) is 12.9 Å². The second kappa shape index (κ2) is 7.26. The van der Waals surface area contributed by atoms with Crippen LogP contribution in [0.3, 0.4) is 0 Å². The van der Waals surface area contributed by atoms with Crippen molar-refractivity contribution in [3.05, 3.63) is 30.6 Å². The van der Waals surface area contributed by atoms with Crippen molar-refractivity contribution in [3.63, 3.8) is 0 Å². The molecule has 0 N–H and O–H groups in total. The summed E-state index contributed by atoms with van der Waals surface area (Å²) in [4.78, 5) is 3.78. The quantitative estimate of drug-likeness (QED) is 0.601. The highest BCUT2D eigenvalue weighted by molar-refractivity contribution is 4.88. The molecule has 0 amide bonds. The van der Waals surface area contributed by atoms with Gasteiger partial charge in [-0.15, -0.1) is 0 Å². The third-order valence-corrected chi connectivity index (χ3v) is 1.38. The second-order valence-corrected chi connectivity index (χ2v) is 2.83. The smallest absolute Gasteiger partial charge is 0.0267 e. The summed E-state index contributed by atoms with van der Waals surface area (Å²) in [6, 6.07) is 5.72. The van der Waals surface area contributed by atoms with Gasteiger partial charge in [-0.3, -0.25) is 4.98 Å². The minimum atomic E-state index is 0.884. The van der Waals surface area contributed by atoms with Crippen LogP contribution in [0.25, 0.3) is 0 Å². The van der Waals surface area contributed by atoms with Gasteiger partial charge in [-0.1, -0.05) is 33.3 Å². The Balaban J connectivity index is 0.000000187. The van der Waals surface area contributed by atoms with Gasteiger partial charge in [0.05, 0.1) is 0 Å². The van der Waals surface area contributed by atoms with Crippen molar-refractivity contribution in [1.82, 2.24) is 4.98 Å². The fourth-order valence-electron chi connectivity index (χ4n) is 0.313. The normalized spacial score (nSPS) is 8.73. The maximum Gasteiger partial charge on any atom is 0.0267 e. The van der Waals surface area contributed by atoms with Crippen molar-refractivity contribution in [2.24, 2.45) is 5.92 Å². The molecule has 1 heterocycles. The molecule has 0 aliphatic carbocycles. The van der Waals surface area contributed by atoms with Crippen molar-refractivity contribution in [1.29, 1.82) is 0 Å². The molecule has 1 aromatic heterocycles. The van der Waals surface area contributed by atoms with Crippen molar-refractivity contribution in [2.75, 3.05) is 0 Å². The van der Waals surface area contributed by atoms with Crippen molar-refractivity contribution in [2.45, 2.75) is 27.2 Å². The summed E-state index contributed by atoms with van der Waals surface area (Å²) in [5.41, 5.74) is 0. The number of hydrogen-bond acceptors (Lipinski definition) is 1. The molecular weight excluding hydrogens is 134 g/mol. The summed E-state index contributed by atoms with van der Waals surface area (Å²) in [7, 11) is 0. The summed E-state index contributed by atoms with van der Waals surface area (Å²) in [5, 5.41) is 0. The molecule has 0 atom stereocenters. The average molecular weight is 151 g/mol. The van der Waals surface area contributed by atoms with Gasteiger partial charge in [0, 0.05) is 12.4 Å². The maximum atomic E-state index is 3.78. The van der Waals surface area contributed by atoms with E-state index in [0.29, 0.717) is 0 Å². The van der Waals surface area contributed by atoms with E-state index in [-0.39, 0.29) is 0 Å². The van der Waals surface area contributed by atoms with Crippen molar-refractivity contribution in [3.8, 4) is 0 Å². The standard InChI is InChI=1S/C5H5N.C5H12/c1-2-4-6-5-3-1;1-4-5(2)3/h1-5H;5H,4H2,1-3H3. The number of pyridine rings is 1. The Morgan fingerprint density at radius 3 is 1.64 bits per heavy atom. The number of aromatic nitrogens is 1. The highest BCUT2D eigenvalue weighted by Crippen LogP contribution is 1.93. The van der Waals surface area contributed by atoms with Gasteiger partial charge in [-0.25, -0.2) is 0 Å². The second-order valence-electron chi connectivity index (χ2n) is 2.83. The first-order valence-electron chi connectivity index (χ1n) is 4.12. The van der Waals surface area contributed by atoms with Gasteiger partial charge >= 0.3 is 0 Å². The maximum absolute atomic E-state index is 3.78. The van der Waals surface area contributed by atoms with Crippen LogP contribution in [0, 0.1) is 5.92 Å². The zero-order chi connectivity index (χ0) is 8.53. The molecule has 62 valence electrons.